The number of furan rings is 1. The van der Waals surface area contributed by atoms with Crippen LogP contribution in [0, 0.1) is 4.77 Å². The van der Waals surface area contributed by atoms with Crippen LogP contribution in [0.15, 0.2) is 40.8 Å². The summed E-state index contributed by atoms with van der Waals surface area (Å²) in [6, 6.07) is 9.66. The molecular weight excluding hydrogens is 336 g/mol. The Bertz CT molecular complexity index is 961. The Morgan fingerprint density at radius 3 is 3.08 bits per heavy atom. The zero-order valence-electron chi connectivity index (χ0n) is 13.6. The molecule has 128 valence electrons. The number of benzene rings is 1. The number of nitrogens with zero attached hydrogens (tertiary/aromatic N) is 2. The van der Waals surface area contributed by atoms with Crippen molar-refractivity contribution in [2.75, 3.05) is 6.54 Å². The topological polar surface area (TPSA) is 75.8 Å². The lowest BCUT2D eigenvalue weighted by Gasteiger charge is -2.06. The van der Waals surface area contributed by atoms with E-state index in [0.29, 0.717) is 29.5 Å². The predicted molar refractivity (Wildman–Crippen MR) is 97.6 cm³/mol. The quantitative estimate of drug-likeness (QED) is 0.525. The maximum Gasteiger partial charge on any atom is 0.244 e. The van der Waals surface area contributed by atoms with Gasteiger partial charge in [0, 0.05) is 30.5 Å². The third-order valence-corrected chi connectivity index (χ3v) is 4.52. The Labute approximate surface area is 149 Å². The predicted octanol–water partition coefficient (Wildman–Crippen LogP) is 3.39. The fourth-order valence-electron chi connectivity index (χ4n) is 2.79. The van der Waals surface area contributed by atoms with E-state index in [2.05, 4.69) is 15.5 Å². The van der Waals surface area contributed by atoms with Crippen LogP contribution in [0.4, 0.5) is 0 Å². The van der Waals surface area contributed by atoms with Gasteiger partial charge in [0.2, 0.25) is 5.91 Å². The summed E-state index contributed by atoms with van der Waals surface area (Å²) in [6.07, 6.45) is 5.47. The van der Waals surface area contributed by atoms with E-state index in [1.54, 1.807) is 6.08 Å². The minimum absolute atomic E-state index is 0.163. The maximum atomic E-state index is 12.0. The number of para-hydroxylation sites is 1. The molecule has 1 amide bonds. The Morgan fingerprint density at radius 2 is 2.28 bits per heavy atom. The molecule has 3 aromatic rings. The van der Waals surface area contributed by atoms with Gasteiger partial charge in [-0.25, -0.2) is 0 Å². The SMILES string of the molecule is O=C(/C=C/c1cc2ccccc2o1)NCCn1c(C2CC2)n[nH]c1=S. The Kier molecular flexibility index (Phi) is 4.23. The van der Waals surface area contributed by atoms with Gasteiger partial charge in [0.05, 0.1) is 0 Å². The summed E-state index contributed by atoms with van der Waals surface area (Å²) in [6.45, 7) is 1.11. The molecule has 1 aliphatic rings. The largest absolute Gasteiger partial charge is 0.457 e. The number of aromatic nitrogens is 3. The monoisotopic (exact) mass is 354 g/mol. The van der Waals surface area contributed by atoms with E-state index in [1.807, 2.05) is 34.9 Å². The fraction of sp³-hybridized carbons (Fsp3) is 0.278. The molecule has 7 heteroatoms. The van der Waals surface area contributed by atoms with Crippen molar-refractivity contribution in [3.8, 4) is 0 Å². The van der Waals surface area contributed by atoms with Crippen molar-refractivity contribution >= 4 is 35.2 Å². The highest BCUT2D eigenvalue weighted by Crippen LogP contribution is 2.38. The van der Waals surface area contributed by atoms with E-state index in [4.69, 9.17) is 16.6 Å². The van der Waals surface area contributed by atoms with Gasteiger partial charge in [0.1, 0.15) is 17.2 Å². The molecule has 0 spiro atoms. The normalized spacial score (nSPS) is 14.4. The number of fused-ring (bicyclic) bond motifs is 1. The van der Waals surface area contributed by atoms with E-state index in [0.717, 1.165) is 29.6 Å². The smallest absolute Gasteiger partial charge is 0.244 e. The number of amides is 1. The van der Waals surface area contributed by atoms with Crippen LogP contribution in [0.5, 0.6) is 0 Å². The van der Waals surface area contributed by atoms with E-state index in [1.165, 1.54) is 6.08 Å². The van der Waals surface area contributed by atoms with Crippen LogP contribution in [0.2, 0.25) is 0 Å². The van der Waals surface area contributed by atoms with Crippen molar-refractivity contribution in [2.45, 2.75) is 25.3 Å². The van der Waals surface area contributed by atoms with Crippen LogP contribution in [0.3, 0.4) is 0 Å². The van der Waals surface area contributed by atoms with Crippen molar-refractivity contribution in [1.29, 1.82) is 0 Å². The number of hydrogen-bond acceptors (Lipinski definition) is 4. The molecule has 2 heterocycles. The first-order valence-corrected chi connectivity index (χ1v) is 8.71. The van der Waals surface area contributed by atoms with Gasteiger partial charge >= 0.3 is 0 Å². The zero-order valence-corrected chi connectivity index (χ0v) is 14.4. The Hall–Kier alpha value is -2.67. The highest BCUT2D eigenvalue weighted by Gasteiger charge is 2.28. The van der Waals surface area contributed by atoms with Gasteiger partial charge in [-0.1, -0.05) is 18.2 Å². The fourth-order valence-corrected chi connectivity index (χ4v) is 3.02. The van der Waals surface area contributed by atoms with Crippen LogP contribution >= 0.6 is 12.2 Å². The molecular formula is C18H18N4O2S. The summed E-state index contributed by atoms with van der Waals surface area (Å²) in [7, 11) is 0. The van der Waals surface area contributed by atoms with Gasteiger partial charge in [-0.05, 0) is 43.3 Å². The van der Waals surface area contributed by atoms with E-state index >= 15 is 0 Å². The van der Waals surface area contributed by atoms with Crippen molar-refractivity contribution in [3.63, 3.8) is 0 Å². The first-order valence-electron chi connectivity index (χ1n) is 8.30. The molecule has 2 aromatic heterocycles. The molecule has 1 saturated carbocycles. The lowest BCUT2D eigenvalue weighted by Crippen LogP contribution is -2.26. The third-order valence-electron chi connectivity index (χ3n) is 4.21. The molecule has 1 fully saturated rings. The number of rotatable bonds is 6. The number of carbonyl (C=O) groups is 1. The van der Waals surface area contributed by atoms with Gasteiger partial charge in [-0.2, -0.15) is 5.10 Å². The summed E-state index contributed by atoms with van der Waals surface area (Å²) in [5, 5.41) is 11.0. The molecule has 1 aromatic carbocycles. The molecule has 0 aliphatic heterocycles. The first-order chi connectivity index (χ1) is 12.2. The number of nitrogens with one attached hydrogen (secondary N) is 2. The van der Waals surface area contributed by atoms with Crippen LogP contribution in [0.25, 0.3) is 17.0 Å². The second-order valence-electron chi connectivity index (χ2n) is 6.12. The van der Waals surface area contributed by atoms with Crippen LogP contribution in [-0.4, -0.2) is 27.2 Å². The van der Waals surface area contributed by atoms with Crippen LogP contribution in [0.1, 0.15) is 30.3 Å². The van der Waals surface area contributed by atoms with Gasteiger partial charge < -0.3 is 14.3 Å². The molecule has 1 aliphatic carbocycles. The van der Waals surface area contributed by atoms with E-state index in [9.17, 15) is 4.79 Å². The van der Waals surface area contributed by atoms with Crippen LogP contribution in [-0.2, 0) is 11.3 Å². The van der Waals surface area contributed by atoms with Gasteiger partial charge in [-0.15, -0.1) is 0 Å². The molecule has 6 nitrogen and oxygen atoms in total. The first kappa shape index (κ1) is 15.8. The lowest BCUT2D eigenvalue weighted by molar-refractivity contribution is -0.116. The molecule has 0 bridgehead atoms. The summed E-state index contributed by atoms with van der Waals surface area (Å²) in [4.78, 5) is 12.0. The molecule has 0 saturated heterocycles. The lowest BCUT2D eigenvalue weighted by atomic mass is 10.2. The highest BCUT2D eigenvalue weighted by atomic mass is 32.1. The number of hydrogen-bond donors (Lipinski definition) is 2. The molecule has 4 rings (SSSR count). The molecule has 2 N–H and O–H groups in total. The average Bonchev–Trinajstić information content (AvgIpc) is 3.26. The Balaban J connectivity index is 1.33. The zero-order chi connectivity index (χ0) is 17.2. The molecule has 0 radical (unpaired) electrons. The molecule has 0 atom stereocenters. The van der Waals surface area contributed by atoms with E-state index in [-0.39, 0.29) is 5.91 Å². The highest BCUT2D eigenvalue weighted by molar-refractivity contribution is 7.71. The minimum Gasteiger partial charge on any atom is -0.457 e. The molecule has 0 unspecified atom stereocenters. The van der Waals surface area contributed by atoms with Crippen LogP contribution < -0.4 is 5.32 Å². The third kappa shape index (κ3) is 3.56. The standard InChI is InChI=1S/C18H18N4O2S/c23-16(8-7-14-11-13-3-1-2-4-15(13)24-14)19-9-10-22-17(12-5-6-12)20-21-18(22)25/h1-4,7-8,11-12H,5-6,9-10H2,(H,19,23)(H,21,25)/b8-7+. The van der Waals surface area contributed by atoms with Crippen molar-refractivity contribution < 1.29 is 9.21 Å². The average molecular weight is 354 g/mol. The van der Waals surface area contributed by atoms with Crippen molar-refractivity contribution in [3.05, 3.63) is 52.8 Å². The maximum absolute atomic E-state index is 12.0. The second kappa shape index (κ2) is 6.68. The second-order valence-corrected chi connectivity index (χ2v) is 6.51. The van der Waals surface area contributed by atoms with Gasteiger partial charge in [-0.3, -0.25) is 9.89 Å². The van der Waals surface area contributed by atoms with Gasteiger partial charge in [0.25, 0.3) is 0 Å². The van der Waals surface area contributed by atoms with Crippen molar-refractivity contribution in [1.82, 2.24) is 20.1 Å². The summed E-state index contributed by atoms with van der Waals surface area (Å²) < 4.78 is 8.22. The number of H-pyrrole nitrogens is 1. The minimum atomic E-state index is -0.163. The summed E-state index contributed by atoms with van der Waals surface area (Å²) in [5.74, 6) is 2.00. The number of carbonyl (C=O) groups excluding carboxylic acids is 1. The van der Waals surface area contributed by atoms with E-state index < -0.39 is 0 Å². The Morgan fingerprint density at radius 1 is 1.44 bits per heavy atom. The number of aromatic amines is 1. The summed E-state index contributed by atoms with van der Waals surface area (Å²) >= 11 is 5.25. The summed E-state index contributed by atoms with van der Waals surface area (Å²) in [5.41, 5.74) is 0.810. The van der Waals surface area contributed by atoms with Gasteiger partial charge in [0.15, 0.2) is 4.77 Å². The molecule has 25 heavy (non-hydrogen) atoms. The van der Waals surface area contributed by atoms with Crippen molar-refractivity contribution in [2.24, 2.45) is 0 Å².